The average molecular weight is 224 g/mol. The normalized spacial score (nSPS) is 18.7. The highest BCUT2D eigenvalue weighted by atomic mass is 19.4. The largest absolute Gasteiger partial charge is 0.389 e. The summed E-state index contributed by atoms with van der Waals surface area (Å²) in [5.74, 6) is -0.202. The van der Waals surface area contributed by atoms with Gasteiger partial charge in [-0.1, -0.05) is 0 Å². The van der Waals surface area contributed by atoms with E-state index < -0.39 is 18.0 Å². The third-order valence-electron chi connectivity index (χ3n) is 2.65. The fourth-order valence-electron chi connectivity index (χ4n) is 1.35. The molecule has 1 amide bonds. The molecule has 0 spiro atoms. The number of rotatable bonds is 5. The molecule has 0 aromatic rings. The van der Waals surface area contributed by atoms with Gasteiger partial charge in [-0.05, 0) is 19.3 Å². The first-order valence-electron chi connectivity index (χ1n) is 4.95. The Bertz CT molecular complexity index is 236. The van der Waals surface area contributed by atoms with Crippen LogP contribution in [0, 0.1) is 5.41 Å². The molecule has 3 N–H and O–H groups in total. The minimum Gasteiger partial charge on any atom is -0.356 e. The van der Waals surface area contributed by atoms with E-state index in [4.69, 9.17) is 5.73 Å². The van der Waals surface area contributed by atoms with Crippen LogP contribution in [0.3, 0.4) is 0 Å². The van der Waals surface area contributed by atoms with Crippen LogP contribution in [0.1, 0.15) is 25.7 Å². The van der Waals surface area contributed by atoms with Crippen LogP contribution in [-0.2, 0) is 4.79 Å². The molecule has 6 heteroatoms. The molecule has 0 atom stereocenters. The molecule has 0 bridgehead atoms. The van der Waals surface area contributed by atoms with E-state index in [1.54, 1.807) is 0 Å². The summed E-state index contributed by atoms with van der Waals surface area (Å²) < 4.78 is 35.3. The standard InChI is InChI=1S/C9H15F3N2O/c10-9(11,12)2-1-5-14-7(15)8(6-13)3-4-8/h1-6,13H2,(H,14,15). The second-order valence-electron chi connectivity index (χ2n) is 3.96. The summed E-state index contributed by atoms with van der Waals surface area (Å²) in [4.78, 5) is 11.4. The molecule has 88 valence electrons. The first kappa shape index (κ1) is 12.3. The lowest BCUT2D eigenvalue weighted by Gasteiger charge is -2.13. The Morgan fingerprint density at radius 1 is 1.40 bits per heavy atom. The summed E-state index contributed by atoms with van der Waals surface area (Å²) in [7, 11) is 0. The van der Waals surface area contributed by atoms with Gasteiger partial charge in [0.25, 0.3) is 0 Å². The highest BCUT2D eigenvalue weighted by Gasteiger charge is 2.48. The monoisotopic (exact) mass is 224 g/mol. The highest BCUT2D eigenvalue weighted by Crippen LogP contribution is 2.44. The van der Waals surface area contributed by atoms with Crippen molar-refractivity contribution in [3.8, 4) is 0 Å². The number of nitrogens with one attached hydrogen (secondary N) is 1. The first-order chi connectivity index (χ1) is 6.90. The quantitative estimate of drug-likeness (QED) is 0.689. The van der Waals surface area contributed by atoms with Gasteiger partial charge in [-0.2, -0.15) is 13.2 Å². The fourth-order valence-corrected chi connectivity index (χ4v) is 1.35. The minimum atomic E-state index is -4.14. The predicted octanol–water partition coefficient (Wildman–Crippen LogP) is 1.18. The van der Waals surface area contributed by atoms with Crippen LogP contribution in [0.4, 0.5) is 13.2 Å². The van der Waals surface area contributed by atoms with Gasteiger partial charge in [0, 0.05) is 19.5 Å². The van der Waals surface area contributed by atoms with Crippen LogP contribution in [0.25, 0.3) is 0 Å². The Labute approximate surface area is 86.2 Å². The number of carbonyl (C=O) groups excluding carboxylic acids is 1. The van der Waals surface area contributed by atoms with Crippen LogP contribution in [0.15, 0.2) is 0 Å². The third-order valence-corrected chi connectivity index (χ3v) is 2.65. The van der Waals surface area contributed by atoms with E-state index in [9.17, 15) is 18.0 Å². The zero-order valence-corrected chi connectivity index (χ0v) is 8.36. The Hall–Kier alpha value is -0.780. The molecule has 1 fully saturated rings. The average Bonchev–Trinajstić information content (AvgIpc) is 2.91. The molecule has 1 saturated carbocycles. The predicted molar refractivity (Wildman–Crippen MR) is 49.0 cm³/mol. The van der Waals surface area contributed by atoms with Crippen molar-refractivity contribution < 1.29 is 18.0 Å². The van der Waals surface area contributed by atoms with E-state index in [1.165, 1.54) is 0 Å². The maximum absolute atomic E-state index is 11.8. The van der Waals surface area contributed by atoms with Gasteiger partial charge in [-0.25, -0.2) is 0 Å². The summed E-state index contributed by atoms with van der Waals surface area (Å²) in [6, 6.07) is 0. The van der Waals surface area contributed by atoms with Crippen LogP contribution >= 0.6 is 0 Å². The molecule has 0 unspecified atom stereocenters. The molecule has 0 aromatic carbocycles. The number of alkyl halides is 3. The van der Waals surface area contributed by atoms with Crippen molar-refractivity contribution in [2.24, 2.45) is 11.1 Å². The number of nitrogens with two attached hydrogens (primary N) is 1. The Balaban J connectivity index is 2.13. The van der Waals surface area contributed by atoms with Crippen LogP contribution < -0.4 is 11.1 Å². The van der Waals surface area contributed by atoms with Crippen molar-refractivity contribution in [3.05, 3.63) is 0 Å². The van der Waals surface area contributed by atoms with E-state index in [0.29, 0.717) is 0 Å². The summed E-state index contributed by atoms with van der Waals surface area (Å²) in [6.07, 6.45) is -3.59. The number of hydrogen-bond donors (Lipinski definition) is 2. The van der Waals surface area contributed by atoms with Gasteiger partial charge in [0.2, 0.25) is 5.91 Å². The number of amides is 1. The molecule has 1 aliphatic carbocycles. The zero-order chi connectivity index (χ0) is 11.5. The summed E-state index contributed by atoms with van der Waals surface area (Å²) in [5.41, 5.74) is 4.93. The van der Waals surface area contributed by atoms with Crippen molar-refractivity contribution in [2.45, 2.75) is 31.9 Å². The molecule has 0 saturated heterocycles. The topological polar surface area (TPSA) is 55.1 Å². The summed E-state index contributed by atoms with van der Waals surface area (Å²) in [6.45, 7) is 0.345. The molecule has 15 heavy (non-hydrogen) atoms. The van der Waals surface area contributed by atoms with Crippen LogP contribution in [0.2, 0.25) is 0 Å². The van der Waals surface area contributed by atoms with E-state index in [2.05, 4.69) is 5.32 Å². The second kappa shape index (κ2) is 4.38. The second-order valence-corrected chi connectivity index (χ2v) is 3.96. The lowest BCUT2D eigenvalue weighted by molar-refractivity contribution is -0.136. The molecular formula is C9H15F3N2O. The van der Waals surface area contributed by atoms with Gasteiger partial charge >= 0.3 is 6.18 Å². The van der Waals surface area contributed by atoms with Gasteiger partial charge in [0.15, 0.2) is 0 Å². The van der Waals surface area contributed by atoms with Gasteiger partial charge in [0.1, 0.15) is 0 Å². The first-order valence-corrected chi connectivity index (χ1v) is 4.95. The smallest absolute Gasteiger partial charge is 0.356 e. The Kier molecular flexibility index (Phi) is 3.59. The van der Waals surface area contributed by atoms with Gasteiger partial charge in [0.05, 0.1) is 5.41 Å². The molecule has 0 aromatic heterocycles. The summed E-state index contributed by atoms with van der Waals surface area (Å²) in [5, 5.41) is 2.49. The van der Waals surface area contributed by atoms with E-state index in [1.807, 2.05) is 0 Å². The summed E-state index contributed by atoms with van der Waals surface area (Å²) >= 11 is 0. The molecule has 1 aliphatic rings. The lowest BCUT2D eigenvalue weighted by Crippen LogP contribution is -2.37. The van der Waals surface area contributed by atoms with Gasteiger partial charge < -0.3 is 11.1 Å². The van der Waals surface area contributed by atoms with Crippen molar-refractivity contribution in [1.82, 2.24) is 5.32 Å². The fraction of sp³-hybridized carbons (Fsp3) is 0.889. The zero-order valence-electron chi connectivity index (χ0n) is 8.36. The molecule has 0 heterocycles. The molecule has 0 radical (unpaired) electrons. The SMILES string of the molecule is NCC1(C(=O)NCCCC(F)(F)F)CC1. The Morgan fingerprint density at radius 2 is 2.00 bits per heavy atom. The minimum absolute atomic E-state index is 0.0695. The molecule has 3 nitrogen and oxygen atoms in total. The molecule has 0 aliphatic heterocycles. The molecule has 1 rings (SSSR count). The van der Waals surface area contributed by atoms with Crippen molar-refractivity contribution in [1.29, 1.82) is 0 Å². The number of carbonyl (C=O) groups is 1. The lowest BCUT2D eigenvalue weighted by atomic mass is 10.1. The highest BCUT2D eigenvalue weighted by molar-refractivity contribution is 5.85. The van der Waals surface area contributed by atoms with E-state index >= 15 is 0 Å². The van der Waals surface area contributed by atoms with Gasteiger partial charge in [-0.15, -0.1) is 0 Å². The maximum Gasteiger partial charge on any atom is 0.389 e. The molecular weight excluding hydrogens is 209 g/mol. The maximum atomic E-state index is 11.8. The Morgan fingerprint density at radius 3 is 2.40 bits per heavy atom. The van der Waals surface area contributed by atoms with Crippen LogP contribution in [0.5, 0.6) is 0 Å². The van der Waals surface area contributed by atoms with Crippen molar-refractivity contribution >= 4 is 5.91 Å². The van der Waals surface area contributed by atoms with Crippen LogP contribution in [-0.4, -0.2) is 25.2 Å². The third kappa shape index (κ3) is 3.70. The van der Waals surface area contributed by atoms with E-state index in [-0.39, 0.29) is 25.4 Å². The van der Waals surface area contributed by atoms with Crippen molar-refractivity contribution in [3.63, 3.8) is 0 Å². The van der Waals surface area contributed by atoms with Crippen molar-refractivity contribution in [2.75, 3.05) is 13.1 Å². The van der Waals surface area contributed by atoms with E-state index in [0.717, 1.165) is 12.8 Å². The number of hydrogen-bond acceptors (Lipinski definition) is 2. The number of halogens is 3. The van der Waals surface area contributed by atoms with Gasteiger partial charge in [-0.3, -0.25) is 4.79 Å².